The Hall–Kier alpha value is -3.34. The van der Waals surface area contributed by atoms with Crippen LogP contribution in [0.5, 0.6) is 0 Å². The smallest absolute Gasteiger partial charge is 0.339 e. The molecule has 33 heavy (non-hydrogen) atoms. The van der Waals surface area contributed by atoms with Crippen LogP contribution in [0.4, 0.5) is 5.69 Å². The van der Waals surface area contributed by atoms with Crippen molar-refractivity contribution in [2.24, 2.45) is 0 Å². The predicted molar refractivity (Wildman–Crippen MR) is 130 cm³/mol. The third-order valence-electron chi connectivity index (χ3n) is 5.81. The summed E-state index contributed by atoms with van der Waals surface area (Å²) >= 11 is 7.40. The van der Waals surface area contributed by atoms with Crippen molar-refractivity contribution < 1.29 is 14.7 Å². The molecule has 0 radical (unpaired) electrons. The Morgan fingerprint density at radius 1 is 1.21 bits per heavy atom. The van der Waals surface area contributed by atoms with Gasteiger partial charge in [-0.1, -0.05) is 11.6 Å². The van der Waals surface area contributed by atoms with Crippen LogP contribution in [0.15, 0.2) is 35.9 Å². The molecule has 3 aromatic rings. The van der Waals surface area contributed by atoms with Gasteiger partial charge in [-0.15, -0.1) is 11.3 Å². The number of halogens is 1. The summed E-state index contributed by atoms with van der Waals surface area (Å²) in [7, 11) is 0. The number of hydrogen-bond acceptors (Lipinski definition) is 4. The highest BCUT2D eigenvalue weighted by Crippen LogP contribution is 2.39. The maximum atomic E-state index is 12.7. The van der Waals surface area contributed by atoms with Crippen LogP contribution < -0.4 is 5.32 Å². The highest BCUT2D eigenvalue weighted by atomic mass is 35.5. The number of hydrogen-bond donors (Lipinski definition) is 2. The molecule has 1 aliphatic rings. The van der Waals surface area contributed by atoms with Gasteiger partial charge < -0.3 is 15.0 Å². The van der Waals surface area contributed by atoms with E-state index in [2.05, 4.69) is 5.32 Å². The Kier molecular flexibility index (Phi) is 6.41. The van der Waals surface area contributed by atoms with E-state index in [4.69, 9.17) is 11.6 Å². The fourth-order valence-electron chi connectivity index (χ4n) is 4.21. The lowest BCUT2D eigenvalue weighted by Gasteiger charge is -2.11. The number of aryl methyl sites for hydroxylation is 2. The highest BCUT2D eigenvalue weighted by molar-refractivity contribution is 7.15. The van der Waals surface area contributed by atoms with Gasteiger partial charge in [0, 0.05) is 27.0 Å². The van der Waals surface area contributed by atoms with Gasteiger partial charge >= 0.3 is 5.97 Å². The van der Waals surface area contributed by atoms with Crippen LogP contribution >= 0.6 is 22.9 Å². The highest BCUT2D eigenvalue weighted by Gasteiger charge is 2.27. The van der Waals surface area contributed by atoms with Crippen LogP contribution in [0.25, 0.3) is 11.1 Å². The average Bonchev–Trinajstić information content (AvgIpc) is 3.29. The number of carbonyl (C=O) groups is 2. The first-order valence-corrected chi connectivity index (χ1v) is 11.8. The number of benzene rings is 1. The fourth-order valence-corrected chi connectivity index (χ4v) is 5.83. The standard InChI is InChI=1S/C25H22ClN3O3S/c1-14-11-16(12-17(13-27)23(30)28-19-9-7-18(26)8-10-19)15(2)29(14)24-22(25(31)32)20-5-3-4-6-21(20)33-24/h7-12H,3-6H2,1-2H3,(H,28,30)(H,31,32)/b17-12-. The number of aromatic carboxylic acids is 1. The molecule has 1 amide bonds. The lowest BCUT2D eigenvalue weighted by atomic mass is 9.95. The molecule has 0 saturated heterocycles. The lowest BCUT2D eigenvalue weighted by molar-refractivity contribution is -0.112. The zero-order valence-electron chi connectivity index (χ0n) is 18.2. The number of aromatic nitrogens is 1. The topological polar surface area (TPSA) is 95.1 Å². The van der Waals surface area contributed by atoms with E-state index in [0.717, 1.165) is 47.5 Å². The van der Waals surface area contributed by atoms with Crippen molar-refractivity contribution in [1.29, 1.82) is 5.26 Å². The molecule has 4 rings (SSSR count). The van der Waals surface area contributed by atoms with Gasteiger partial charge in [0.2, 0.25) is 0 Å². The SMILES string of the molecule is Cc1cc(/C=C(/C#N)C(=O)Nc2ccc(Cl)cc2)c(C)n1-c1sc2c(c1C(=O)O)CCCC2. The van der Waals surface area contributed by atoms with E-state index < -0.39 is 11.9 Å². The number of fused-ring (bicyclic) bond motifs is 1. The summed E-state index contributed by atoms with van der Waals surface area (Å²) in [6, 6.07) is 10.5. The van der Waals surface area contributed by atoms with Gasteiger partial charge in [0.25, 0.3) is 5.91 Å². The van der Waals surface area contributed by atoms with Crippen LogP contribution in [0, 0.1) is 25.2 Å². The molecule has 0 unspecified atom stereocenters. The first-order chi connectivity index (χ1) is 15.8. The van der Waals surface area contributed by atoms with Gasteiger partial charge in [0.05, 0.1) is 5.56 Å². The minimum Gasteiger partial charge on any atom is -0.478 e. The van der Waals surface area contributed by atoms with Gasteiger partial charge in [-0.3, -0.25) is 4.79 Å². The van der Waals surface area contributed by atoms with Crippen LogP contribution in [-0.2, 0) is 17.6 Å². The summed E-state index contributed by atoms with van der Waals surface area (Å²) < 4.78 is 1.92. The van der Waals surface area contributed by atoms with Gasteiger partial charge in [-0.25, -0.2) is 4.79 Å². The number of nitrogens with one attached hydrogen (secondary N) is 1. The van der Waals surface area contributed by atoms with Crippen LogP contribution in [0.3, 0.4) is 0 Å². The van der Waals surface area contributed by atoms with Crippen molar-refractivity contribution in [3.05, 3.63) is 73.9 Å². The van der Waals surface area contributed by atoms with Crippen molar-refractivity contribution in [1.82, 2.24) is 4.57 Å². The normalized spacial score (nSPS) is 13.3. The summed E-state index contributed by atoms with van der Waals surface area (Å²) in [4.78, 5) is 25.9. The molecule has 0 fully saturated rings. The van der Waals surface area contributed by atoms with Crippen molar-refractivity contribution in [3.63, 3.8) is 0 Å². The number of rotatable bonds is 5. The van der Waals surface area contributed by atoms with Crippen molar-refractivity contribution in [2.75, 3.05) is 5.32 Å². The molecular weight excluding hydrogens is 458 g/mol. The van der Waals surface area contributed by atoms with Crippen molar-refractivity contribution in [3.8, 4) is 11.1 Å². The maximum absolute atomic E-state index is 12.7. The summed E-state index contributed by atoms with van der Waals surface area (Å²) in [6.07, 6.45) is 5.28. The molecule has 0 aliphatic heterocycles. The molecule has 6 nitrogen and oxygen atoms in total. The Morgan fingerprint density at radius 3 is 2.58 bits per heavy atom. The van der Waals surface area contributed by atoms with Crippen LogP contribution in [0.1, 0.15) is 50.6 Å². The maximum Gasteiger partial charge on any atom is 0.339 e. The molecule has 8 heteroatoms. The van der Waals surface area contributed by atoms with Crippen LogP contribution in [0.2, 0.25) is 5.02 Å². The fraction of sp³-hybridized carbons (Fsp3) is 0.240. The molecule has 2 aromatic heterocycles. The second-order valence-corrected chi connectivity index (χ2v) is 9.51. The van der Waals surface area contributed by atoms with Crippen molar-refractivity contribution in [2.45, 2.75) is 39.5 Å². The Labute approximate surface area is 200 Å². The van der Waals surface area contributed by atoms with Gasteiger partial charge in [0.1, 0.15) is 16.6 Å². The van der Waals surface area contributed by atoms with E-state index in [0.29, 0.717) is 26.8 Å². The molecule has 0 saturated carbocycles. The summed E-state index contributed by atoms with van der Waals surface area (Å²) in [5.74, 6) is -1.45. The first-order valence-electron chi connectivity index (χ1n) is 10.6. The van der Waals surface area contributed by atoms with Crippen LogP contribution in [-0.4, -0.2) is 21.6 Å². The third kappa shape index (κ3) is 4.45. The molecular formula is C25H22ClN3O3S. The number of nitriles is 1. The second-order valence-electron chi connectivity index (χ2n) is 7.99. The third-order valence-corrected chi connectivity index (χ3v) is 7.34. The number of carboxylic acids is 1. The van der Waals surface area contributed by atoms with E-state index in [-0.39, 0.29) is 5.57 Å². The Bertz CT molecular complexity index is 1330. The minimum absolute atomic E-state index is 0.0471. The van der Waals surface area contributed by atoms with E-state index >= 15 is 0 Å². The number of carboxylic acid groups (broad SMARTS) is 1. The number of carbonyl (C=O) groups excluding carboxylic acids is 1. The zero-order valence-corrected chi connectivity index (χ0v) is 19.8. The number of nitrogens with zero attached hydrogens (tertiary/aromatic N) is 2. The Balaban J connectivity index is 1.72. The van der Waals surface area contributed by atoms with Gasteiger partial charge in [-0.05, 0) is 87.1 Å². The molecule has 2 N–H and O–H groups in total. The number of anilines is 1. The molecule has 0 atom stereocenters. The quantitative estimate of drug-likeness (QED) is 0.350. The monoisotopic (exact) mass is 479 g/mol. The van der Waals surface area contributed by atoms with Gasteiger partial charge in [0.15, 0.2) is 0 Å². The van der Waals surface area contributed by atoms with Crippen molar-refractivity contribution >= 4 is 46.6 Å². The van der Waals surface area contributed by atoms with E-state index in [9.17, 15) is 20.0 Å². The van der Waals surface area contributed by atoms with E-state index in [1.165, 1.54) is 17.4 Å². The number of thiophene rings is 1. The minimum atomic E-state index is -0.922. The van der Waals surface area contributed by atoms with Gasteiger partial charge in [-0.2, -0.15) is 5.26 Å². The summed E-state index contributed by atoms with van der Waals surface area (Å²) in [6.45, 7) is 3.77. The average molecular weight is 480 g/mol. The van der Waals surface area contributed by atoms with E-state index in [1.54, 1.807) is 24.3 Å². The van der Waals surface area contributed by atoms with E-state index in [1.807, 2.05) is 30.6 Å². The number of amides is 1. The lowest BCUT2D eigenvalue weighted by Crippen LogP contribution is -2.13. The summed E-state index contributed by atoms with van der Waals surface area (Å²) in [5.41, 5.74) is 4.11. The second kappa shape index (κ2) is 9.26. The summed E-state index contributed by atoms with van der Waals surface area (Å²) in [5, 5.41) is 23.5. The largest absolute Gasteiger partial charge is 0.478 e. The molecule has 0 bridgehead atoms. The molecule has 2 heterocycles. The molecule has 1 aliphatic carbocycles. The molecule has 0 spiro atoms. The molecule has 168 valence electrons. The first kappa shape index (κ1) is 22.8. The predicted octanol–water partition coefficient (Wildman–Crippen LogP) is 5.93. The zero-order chi connectivity index (χ0) is 23.7. The molecule has 1 aromatic carbocycles. The Morgan fingerprint density at radius 2 is 1.91 bits per heavy atom.